The first kappa shape index (κ1) is 13.5. The maximum atomic E-state index is 11.6. The Morgan fingerprint density at radius 3 is 2.80 bits per heavy atom. The second kappa shape index (κ2) is 5.83. The quantitative estimate of drug-likeness (QED) is 0.840. The fourth-order valence-electron chi connectivity index (χ4n) is 1.34. The molecule has 0 unspecified atom stereocenters. The van der Waals surface area contributed by atoms with Crippen LogP contribution in [0.3, 0.4) is 0 Å². The molecule has 8 nitrogen and oxygen atoms in total. The number of carboxylic acid groups (broad SMARTS) is 1. The molecule has 0 aliphatic carbocycles. The lowest BCUT2D eigenvalue weighted by Gasteiger charge is -2.05. The van der Waals surface area contributed by atoms with Crippen molar-refractivity contribution in [1.29, 1.82) is 0 Å². The van der Waals surface area contributed by atoms with Crippen LogP contribution in [0.25, 0.3) is 0 Å². The first-order valence-corrected chi connectivity index (χ1v) is 5.60. The Bertz CT molecular complexity index is 620. The zero-order valence-electron chi connectivity index (χ0n) is 10.5. The molecule has 0 aromatic carbocycles. The number of rotatable bonds is 5. The molecule has 0 saturated carbocycles. The van der Waals surface area contributed by atoms with Crippen LogP contribution in [0.15, 0.2) is 28.9 Å². The topological polar surface area (TPSA) is 115 Å². The number of amides is 1. The summed E-state index contributed by atoms with van der Waals surface area (Å²) in [6, 6.07) is 4.28. The Morgan fingerprint density at radius 1 is 1.45 bits per heavy atom. The van der Waals surface area contributed by atoms with Crippen molar-refractivity contribution in [2.75, 3.05) is 11.9 Å². The average molecular weight is 277 g/mol. The minimum absolute atomic E-state index is 0.0997. The Kier molecular flexibility index (Phi) is 3.94. The van der Waals surface area contributed by atoms with Crippen LogP contribution in [-0.4, -0.2) is 33.7 Å². The molecule has 2 aromatic rings. The van der Waals surface area contributed by atoms with Crippen LogP contribution in [0.2, 0.25) is 0 Å². The van der Waals surface area contributed by atoms with Gasteiger partial charge in [-0.25, -0.2) is 9.78 Å². The van der Waals surface area contributed by atoms with Gasteiger partial charge in [0.05, 0.1) is 11.9 Å². The maximum Gasteiger partial charge on any atom is 0.354 e. The summed E-state index contributed by atoms with van der Waals surface area (Å²) in [6.45, 7) is 1.46. The van der Waals surface area contributed by atoms with E-state index in [-0.39, 0.29) is 18.2 Å². The molecule has 0 atom stereocenters. The van der Waals surface area contributed by atoms with Gasteiger partial charge in [0.15, 0.2) is 6.61 Å². The van der Waals surface area contributed by atoms with Gasteiger partial charge in [-0.1, -0.05) is 0 Å². The molecule has 0 spiro atoms. The molecule has 0 radical (unpaired) electrons. The molecule has 0 bridgehead atoms. The highest BCUT2D eigenvalue weighted by Gasteiger charge is 2.08. The van der Waals surface area contributed by atoms with Crippen LogP contribution in [0.5, 0.6) is 5.88 Å². The molecule has 0 saturated heterocycles. The summed E-state index contributed by atoms with van der Waals surface area (Å²) in [4.78, 5) is 25.9. The summed E-state index contributed by atoms with van der Waals surface area (Å²) in [5.74, 6) is -0.756. The predicted molar refractivity (Wildman–Crippen MR) is 66.6 cm³/mol. The number of aromatic carboxylic acids is 1. The molecule has 8 heteroatoms. The molecule has 1 amide bonds. The van der Waals surface area contributed by atoms with Gasteiger partial charge >= 0.3 is 5.97 Å². The van der Waals surface area contributed by atoms with Gasteiger partial charge in [0.1, 0.15) is 11.5 Å². The van der Waals surface area contributed by atoms with Crippen LogP contribution in [-0.2, 0) is 4.79 Å². The highest BCUT2D eigenvalue weighted by Crippen LogP contribution is 2.10. The number of hydrogen-bond acceptors (Lipinski definition) is 6. The van der Waals surface area contributed by atoms with E-state index in [1.807, 2.05) is 0 Å². The number of aromatic nitrogens is 2. The Labute approximate surface area is 113 Å². The number of carbonyl (C=O) groups is 2. The van der Waals surface area contributed by atoms with Gasteiger partial charge in [0.2, 0.25) is 0 Å². The van der Waals surface area contributed by atoms with Gasteiger partial charge in [-0.2, -0.15) is 0 Å². The molecule has 0 aliphatic heterocycles. The third kappa shape index (κ3) is 3.55. The minimum atomic E-state index is -1.13. The summed E-state index contributed by atoms with van der Waals surface area (Å²) in [6.07, 6.45) is 1.25. The normalized spacial score (nSPS) is 10.1. The van der Waals surface area contributed by atoms with E-state index < -0.39 is 11.9 Å². The third-order valence-corrected chi connectivity index (χ3v) is 2.22. The SMILES string of the molecule is Cc1cc(OCC(=O)Nc2ccc(C(=O)O)nc2)no1. The fourth-order valence-corrected chi connectivity index (χ4v) is 1.34. The Morgan fingerprint density at radius 2 is 2.25 bits per heavy atom. The fraction of sp³-hybridized carbons (Fsp3) is 0.167. The maximum absolute atomic E-state index is 11.6. The Hall–Kier alpha value is -2.90. The van der Waals surface area contributed by atoms with E-state index in [4.69, 9.17) is 14.4 Å². The third-order valence-electron chi connectivity index (χ3n) is 2.22. The standard InChI is InChI=1S/C12H11N3O5/c1-7-4-11(15-20-7)19-6-10(16)14-8-2-3-9(12(17)18)13-5-8/h2-5H,6H2,1H3,(H,14,16)(H,17,18). The van der Waals surface area contributed by atoms with Crippen LogP contribution >= 0.6 is 0 Å². The van der Waals surface area contributed by atoms with Gasteiger partial charge in [0, 0.05) is 6.07 Å². The van der Waals surface area contributed by atoms with E-state index in [0.29, 0.717) is 11.4 Å². The van der Waals surface area contributed by atoms with Gasteiger partial charge in [-0.3, -0.25) is 4.79 Å². The van der Waals surface area contributed by atoms with Crippen LogP contribution < -0.4 is 10.1 Å². The van der Waals surface area contributed by atoms with Crippen molar-refractivity contribution in [3.05, 3.63) is 35.9 Å². The van der Waals surface area contributed by atoms with Crippen molar-refractivity contribution < 1.29 is 24.0 Å². The average Bonchev–Trinajstić information content (AvgIpc) is 2.83. The molecule has 20 heavy (non-hydrogen) atoms. The summed E-state index contributed by atoms with van der Waals surface area (Å²) >= 11 is 0. The molecule has 2 N–H and O–H groups in total. The molecular formula is C12H11N3O5. The lowest BCUT2D eigenvalue weighted by atomic mass is 10.3. The Balaban J connectivity index is 1.86. The highest BCUT2D eigenvalue weighted by atomic mass is 16.5. The molecule has 2 heterocycles. The second-order valence-corrected chi connectivity index (χ2v) is 3.85. The zero-order valence-corrected chi connectivity index (χ0v) is 10.5. The van der Waals surface area contributed by atoms with Gasteiger partial charge in [-0.15, -0.1) is 0 Å². The number of hydrogen-bond donors (Lipinski definition) is 2. The molecule has 0 aliphatic rings. The van der Waals surface area contributed by atoms with Crippen molar-refractivity contribution in [3.8, 4) is 5.88 Å². The zero-order chi connectivity index (χ0) is 14.5. The highest BCUT2D eigenvalue weighted by molar-refractivity contribution is 5.92. The monoisotopic (exact) mass is 277 g/mol. The molecule has 2 aromatic heterocycles. The first-order valence-electron chi connectivity index (χ1n) is 5.60. The number of ether oxygens (including phenoxy) is 1. The minimum Gasteiger partial charge on any atom is -0.477 e. The van der Waals surface area contributed by atoms with E-state index in [0.717, 1.165) is 0 Å². The number of carbonyl (C=O) groups excluding carboxylic acids is 1. The van der Waals surface area contributed by atoms with E-state index in [1.165, 1.54) is 18.3 Å². The smallest absolute Gasteiger partial charge is 0.354 e. The van der Waals surface area contributed by atoms with Gasteiger partial charge < -0.3 is 19.7 Å². The summed E-state index contributed by atoms with van der Waals surface area (Å²) < 4.78 is 9.87. The first-order chi connectivity index (χ1) is 9.54. The van der Waals surface area contributed by atoms with Crippen molar-refractivity contribution >= 4 is 17.6 Å². The summed E-state index contributed by atoms with van der Waals surface area (Å²) in [5.41, 5.74) is 0.275. The largest absolute Gasteiger partial charge is 0.477 e. The summed E-state index contributed by atoms with van der Waals surface area (Å²) in [7, 11) is 0. The van der Waals surface area contributed by atoms with Crippen molar-refractivity contribution in [3.63, 3.8) is 0 Å². The number of nitrogens with one attached hydrogen (secondary N) is 1. The number of nitrogens with zero attached hydrogens (tertiary/aromatic N) is 2. The number of pyridine rings is 1. The molecule has 2 rings (SSSR count). The van der Waals surface area contributed by atoms with E-state index >= 15 is 0 Å². The summed E-state index contributed by atoms with van der Waals surface area (Å²) in [5, 5.41) is 14.8. The van der Waals surface area contributed by atoms with Crippen molar-refractivity contribution in [2.24, 2.45) is 0 Å². The molecule has 104 valence electrons. The van der Waals surface area contributed by atoms with Crippen molar-refractivity contribution in [1.82, 2.24) is 10.1 Å². The number of aryl methyl sites for hydroxylation is 1. The predicted octanol–water partition coefficient (Wildman–Crippen LogP) is 1.09. The van der Waals surface area contributed by atoms with E-state index in [9.17, 15) is 9.59 Å². The lowest BCUT2D eigenvalue weighted by molar-refractivity contribution is -0.118. The second-order valence-electron chi connectivity index (χ2n) is 3.85. The van der Waals surface area contributed by atoms with Crippen LogP contribution in [0.1, 0.15) is 16.2 Å². The molecule has 0 fully saturated rings. The van der Waals surface area contributed by atoms with E-state index in [2.05, 4.69) is 15.5 Å². The van der Waals surface area contributed by atoms with Crippen LogP contribution in [0.4, 0.5) is 5.69 Å². The van der Waals surface area contributed by atoms with Crippen molar-refractivity contribution in [2.45, 2.75) is 6.92 Å². The van der Waals surface area contributed by atoms with Gasteiger partial charge in [0.25, 0.3) is 11.8 Å². The van der Waals surface area contributed by atoms with Gasteiger partial charge in [-0.05, 0) is 24.2 Å². The van der Waals surface area contributed by atoms with E-state index in [1.54, 1.807) is 13.0 Å². The number of anilines is 1. The molecular weight excluding hydrogens is 266 g/mol. The van der Waals surface area contributed by atoms with Crippen LogP contribution in [0, 0.1) is 6.92 Å². The number of carboxylic acids is 1. The lowest BCUT2D eigenvalue weighted by Crippen LogP contribution is -2.20.